The lowest BCUT2D eigenvalue weighted by atomic mass is 9.90. The van der Waals surface area contributed by atoms with Gasteiger partial charge in [-0.3, -0.25) is 9.69 Å². The molecule has 1 aromatic heterocycles. The predicted molar refractivity (Wildman–Crippen MR) is 65.9 cm³/mol. The third-order valence-corrected chi connectivity index (χ3v) is 3.82. The standard InChI is InChI=1S/C12H20N4O2/c1-3-5-12(11(17)18)6-4-7-16(12)8-10-14-13-9-15(10)2/h9H,3-8H2,1-2H3,(H,17,18). The molecule has 1 aromatic rings. The van der Waals surface area contributed by atoms with Gasteiger partial charge in [-0.25, -0.2) is 0 Å². The first kappa shape index (κ1) is 13.0. The van der Waals surface area contributed by atoms with Crippen LogP contribution in [0.1, 0.15) is 38.4 Å². The van der Waals surface area contributed by atoms with E-state index < -0.39 is 11.5 Å². The van der Waals surface area contributed by atoms with Gasteiger partial charge in [0.2, 0.25) is 0 Å². The average Bonchev–Trinajstić information content (AvgIpc) is 2.89. The summed E-state index contributed by atoms with van der Waals surface area (Å²) in [5.41, 5.74) is -0.708. The van der Waals surface area contributed by atoms with Gasteiger partial charge < -0.3 is 9.67 Å². The maximum Gasteiger partial charge on any atom is 0.324 e. The van der Waals surface area contributed by atoms with Gasteiger partial charge in [0.15, 0.2) is 0 Å². The summed E-state index contributed by atoms with van der Waals surface area (Å²) in [6.45, 7) is 3.41. The number of aromatic nitrogens is 3. The van der Waals surface area contributed by atoms with Crippen molar-refractivity contribution < 1.29 is 9.90 Å². The molecule has 1 saturated heterocycles. The van der Waals surface area contributed by atoms with Crippen molar-refractivity contribution in [2.24, 2.45) is 7.05 Å². The van der Waals surface area contributed by atoms with Crippen molar-refractivity contribution in [1.29, 1.82) is 0 Å². The summed E-state index contributed by atoms with van der Waals surface area (Å²) in [4.78, 5) is 13.7. The molecule has 2 heterocycles. The van der Waals surface area contributed by atoms with Crippen LogP contribution in [0.2, 0.25) is 0 Å². The Hall–Kier alpha value is -1.43. The third-order valence-electron chi connectivity index (χ3n) is 3.82. The Labute approximate surface area is 107 Å². The molecule has 2 rings (SSSR count). The van der Waals surface area contributed by atoms with Crippen LogP contribution in [0.3, 0.4) is 0 Å². The molecule has 0 spiro atoms. The summed E-state index contributed by atoms with van der Waals surface area (Å²) in [7, 11) is 1.88. The highest BCUT2D eigenvalue weighted by atomic mass is 16.4. The van der Waals surface area contributed by atoms with Gasteiger partial charge in [0, 0.05) is 7.05 Å². The topological polar surface area (TPSA) is 71.2 Å². The molecular weight excluding hydrogens is 232 g/mol. The second-order valence-corrected chi connectivity index (χ2v) is 4.97. The number of likely N-dealkylation sites (tertiary alicyclic amines) is 1. The lowest BCUT2D eigenvalue weighted by molar-refractivity contribution is -0.150. The van der Waals surface area contributed by atoms with Crippen LogP contribution in [-0.2, 0) is 18.4 Å². The highest BCUT2D eigenvalue weighted by Crippen LogP contribution is 2.34. The quantitative estimate of drug-likeness (QED) is 0.847. The number of aliphatic carboxylic acids is 1. The summed E-state index contributed by atoms with van der Waals surface area (Å²) < 4.78 is 1.84. The van der Waals surface area contributed by atoms with Crippen LogP contribution < -0.4 is 0 Å². The van der Waals surface area contributed by atoms with Gasteiger partial charge in [0.05, 0.1) is 6.54 Å². The van der Waals surface area contributed by atoms with Gasteiger partial charge in [-0.2, -0.15) is 0 Å². The lowest BCUT2D eigenvalue weighted by Crippen LogP contribution is -2.50. The van der Waals surface area contributed by atoms with Crippen LogP contribution in [-0.4, -0.2) is 42.8 Å². The summed E-state index contributed by atoms with van der Waals surface area (Å²) in [5, 5.41) is 17.5. The van der Waals surface area contributed by atoms with E-state index in [9.17, 15) is 9.90 Å². The summed E-state index contributed by atoms with van der Waals surface area (Å²) in [6, 6.07) is 0. The molecule has 0 aromatic carbocycles. The van der Waals surface area contributed by atoms with E-state index in [-0.39, 0.29) is 0 Å². The van der Waals surface area contributed by atoms with Crippen molar-refractivity contribution in [3.05, 3.63) is 12.2 Å². The number of carbonyl (C=O) groups is 1. The number of aryl methyl sites for hydroxylation is 1. The average molecular weight is 252 g/mol. The van der Waals surface area contributed by atoms with Crippen molar-refractivity contribution in [2.75, 3.05) is 6.54 Å². The largest absolute Gasteiger partial charge is 0.480 e. The molecule has 1 fully saturated rings. The van der Waals surface area contributed by atoms with Crippen LogP contribution in [0.5, 0.6) is 0 Å². The van der Waals surface area contributed by atoms with Crippen molar-refractivity contribution in [2.45, 2.75) is 44.7 Å². The smallest absolute Gasteiger partial charge is 0.324 e. The monoisotopic (exact) mass is 252 g/mol. The zero-order valence-corrected chi connectivity index (χ0v) is 11.0. The first-order valence-corrected chi connectivity index (χ1v) is 6.41. The van der Waals surface area contributed by atoms with E-state index in [1.807, 2.05) is 23.4 Å². The first-order chi connectivity index (χ1) is 8.60. The molecule has 100 valence electrons. The SMILES string of the molecule is CCCC1(C(=O)O)CCCN1Cc1nncn1C. The Morgan fingerprint density at radius 2 is 2.39 bits per heavy atom. The fourth-order valence-electron chi connectivity index (χ4n) is 2.83. The molecule has 18 heavy (non-hydrogen) atoms. The molecular formula is C12H20N4O2. The molecule has 1 aliphatic heterocycles. The van der Waals surface area contributed by atoms with Crippen molar-refractivity contribution in [3.63, 3.8) is 0 Å². The molecule has 1 unspecified atom stereocenters. The van der Waals surface area contributed by atoms with Crippen LogP contribution in [0.25, 0.3) is 0 Å². The molecule has 6 heteroatoms. The minimum absolute atomic E-state index is 0.558. The van der Waals surface area contributed by atoms with E-state index in [2.05, 4.69) is 10.2 Å². The maximum atomic E-state index is 11.7. The van der Waals surface area contributed by atoms with Crippen LogP contribution in [0, 0.1) is 0 Å². The Kier molecular flexibility index (Phi) is 3.65. The Morgan fingerprint density at radius 1 is 1.61 bits per heavy atom. The van der Waals surface area contributed by atoms with E-state index in [4.69, 9.17) is 0 Å². The van der Waals surface area contributed by atoms with Crippen LogP contribution >= 0.6 is 0 Å². The fourth-order valence-corrected chi connectivity index (χ4v) is 2.83. The molecule has 6 nitrogen and oxygen atoms in total. The van der Waals surface area contributed by atoms with E-state index in [1.165, 1.54) is 0 Å². The number of hydrogen-bond acceptors (Lipinski definition) is 4. The van der Waals surface area contributed by atoms with E-state index >= 15 is 0 Å². The fraction of sp³-hybridized carbons (Fsp3) is 0.750. The van der Waals surface area contributed by atoms with Gasteiger partial charge in [-0.15, -0.1) is 10.2 Å². The Morgan fingerprint density at radius 3 is 2.94 bits per heavy atom. The van der Waals surface area contributed by atoms with E-state index in [1.54, 1.807) is 6.33 Å². The summed E-state index contributed by atoms with van der Waals surface area (Å²) in [5.74, 6) is 0.114. The van der Waals surface area contributed by atoms with Crippen molar-refractivity contribution in [1.82, 2.24) is 19.7 Å². The van der Waals surface area contributed by atoms with Gasteiger partial charge in [0.25, 0.3) is 0 Å². The Balaban J connectivity index is 2.20. The minimum Gasteiger partial charge on any atom is -0.480 e. The Bertz CT molecular complexity index is 431. The highest BCUT2D eigenvalue weighted by molar-refractivity contribution is 5.79. The molecule has 0 radical (unpaired) electrons. The normalized spacial score (nSPS) is 24.6. The number of hydrogen-bond donors (Lipinski definition) is 1. The summed E-state index contributed by atoms with van der Waals surface area (Å²) >= 11 is 0. The number of carboxylic acid groups (broad SMARTS) is 1. The van der Waals surface area contributed by atoms with Gasteiger partial charge >= 0.3 is 5.97 Å². The van der Waals surface area contributed by atoms with E-state index in [0.717, 1.165) is 31.6 Å². The van der Waals surface area contributed by atoms with Crippen LogP contribution in [0.15, 0.2) is 6.33 Å². The lowest BCUT2D eigenvalue weighted by Gasteiger charge is -2.34. The number of carboxylic acids is 1. The highest BCUT2D eigenvalue weighted by Gasteiger charge is 2.46. The first-order valence-electron chi connectivity index (χ1n) is 6.41. The maximum absolute atomic E-state index is 11.7. The number of nitrogens with zero attached hydrogens (tertiary/aromatic N) is 4. The molecule has 1 aliphatic rings. The van der Waals surface area contributed by atoms with E-state index in [0.29, 0.717) is 13.0 Å². The summed E-state index contributed by atoms with van der Waals surface area (Å²) in [6.07, 6.45) is 4.88. The second-order valence-electron chi connectivity index (χ2n) is 4.97. The van der Waals surface area contributed by atoms with Gasteiger partial charge in [0.1, 0.15) is 17.7 Å². The molecule has 0 amide bonds. The second kappa shape index (κ2) is 5.06. The molecule has 1 atom stereocenters. The predicted octanol–water partition coefficient (Wildman–Crippen LogP) is 1.03. The molecule has 0 aliphatic carbocycles. The van der Waals surface area contributed by atoms with Gasteiger partial charge in [-0.05, 0) is 25.8 Å². The van der Waals surface area contributed by atoms with Gasteiger partial charge in [-0.1, -0.05) is 13.3 Å². The van der Waals surface area contributed by atoms with Crippen molar-refractivity contribution >= 4 is 5.97 Å². The molecule has 1 N–H and O–H groups in total. The minimum atomic E-state index is -0.708. The van der Waals surface area contributed by atoms with Crippen LogP contribution in [0.4, 0.5) is 0 Å². The number of rotatable bonds is 5. The molecule has 0 bridgehead atoms. The third kappa shape index (κ3) is 2.12. The zero-order chi connectivity index (χ0) is 13.2. The van der Waals surface area contributed by atoms with Crippen molar-refractivity contribution in [3.8, 4) is 0 Å². The molecule has 0 saturated carbocycles. The zero-order valence-electron chi connectivity index (χ0n) is 11.0.